The summed E-state index contributed by atoms with van der Waals surface area (Å²) in [6, 6.07) is 11.4. The monoisotopic (exact) mass is 258 g/mol. The van der Waals surface area contributed by atoms with Gasteiger partial charge in [0.25, 0.3) is 0 Å². The number of hydrazine groups is 1. The zero-order valence-corrected chi connectivity index (χ0v) is 11.9. The summed E-state index contributed by atoms with van der Waals surface area (Å²) in [6.07, 6.45) is 8.11. The van der Waals surface area contributed by atoms with Crippen LogP contribution in [0.15, 0.2) is 30.3 Å². The third-order valence-electron chi connectivity index (χ3n) is 5.42. The SMILES string of the molecule is CC1(C(NN)C2CC2c2ccccc2)CCCCC1. The van der Waals surface area contributed by atoms with Crippen LogP contribution in [0.5, 0.6) is 0 Å². The van der Waals surface area contributed by atoms with E-state index in [1.54, 1.807) is 0 Å². The van der Waals surface area contributed by atoms with Gasteiger partial charge in [-0.2, -0.15) is 0 Å². The van der Waals surface area contributed by atoms with E-state index in [1.165, 1.54) is 44.1 Å². The molecule has 2 fully saturated rings. The third-order valence-corrected chi connectivity index (χ3v) is 5.42. The van der Waals surface area contributed by atoms with Gasteiger partial charge < -0.3 is 0 Å². The molecule has 3 rings (SSSR count). The van der Waals surface area contributed by atoms with Gasteiger partial charge in [-0.3, -0.25) is 11.3 Å². The van der Waals surface area contributed by atoms with Gasteiger partial charge in [-0.05, 0) is 42.1 Å². The molecule has 0 heterocycles. The first-order valence-corrected chi connectivity index (χ1v) is 7.76. The molecule has 3 unspecified atom stereocenters. The lowest BCUT2D eigenvalue weighted by Crippen LogP contribution is -2.49. The smallest absolute Gasteiger partial charge is 0.0298 e. The van der Waals surface area contributed by atoms with E-state index in [1.807, 2.05) is 0 Å². The molecule has 1 aromatic carbocycles. The predicted molar refractivity (Wildman–Crippen MR) is 79.6 cm³/mol. The second kappa shape index (κ2) is 5.26. The number of nitrogens with two attached hydrogens (primary N) is 1. The molecule has 104 valence electrons. The van der Waals surface area contributed by atoms with Gasteiger partial charge in [0, 0.05) is 6.04 Å². The van der Waals surface area contributed by atoms with Crippen molar-refractivity contribution >= 4 is 0 Å². The Morgan fingerprint density at radius 2 is 1.84 bits per heavy atom. The van der Waals surface area contributed by atoms with Crippen molar-refractivity contribution in [1.82, 2.24) is 5.43 Å². The van der Waals surface area contributed by atoms with Crippen molar-refractivity contribution in [1.29, 1.82) is 0 Å². The van der Waals surface area contributed by atoms with E-state index >= 15 is 0 Å². The van der Waals surface area contributed by atoms with E-state index in [2.05, 4.69) is 42.7 Å². The van der Waals surface area contributed by atoms with Crippen LogP contribution in [0.1, 0.15) is 56.9 Å². The normalized spacial score (nSPS) is 30.8. The molecule has 2 heteroatoms. The Morgan fingerprint density at radius 3 is 2.47 bits per heavy atom. The highest BCUT2D eigenvalue weighted by molar-refractivity contribution is 5.27. The molecule has 0 spiro atoms. The molecule has 2 aliphatic carbocycles. The van der Waals surface area contributed by atoms with E-state index in [-0.39, 0.29) is 0 Å². The number of rotatable bonds is 4. The maximum Gasteiger partial charge on any atom is 0.0298 e. The van der Waals surface area contributed by atoms with Crippen molar-refractivity contribution in [3.63, 3.8) is 0 Å². The lowest BCUT2D eigenvalue weighted by Gasteiger charge is -2.41. The number of nitrogens with one attached hydrogen (secondary N) is 1. The van der Waals surface area contributed by atoms with Crippen molar-refractivity contribution in [3.05, 3.63) is 35.9 Å². The minimum Gasteiger partial charge on any atom is -0.271 e. The first kappa shape index (κ1) is 13.1. The Morgan fingerprint density at radius 1 is 1.16 bits per heavy atom. The van der Waals surface area contributed by atoms with Gasteiger partial charge >= 0.3 is 0 Å². The summed E-state index contributed by atoms with van der Waals surface area (Å²) in [7, 11) is 0. The van der Waals surface area contributed by atoms with E-state index in [0.717, 1.165) is 11.8 Å². The molecular formula is C17H26N2. The molecule has 0 bridgehead atoms. The third kappa shape index (κ3) is 2.56. The molecule has 0 aromatic heterocycles. The molecule has 2 aliphatic rings. The zero-order valence-electron chi connectivity index (χ0n) is 11.9. The van der Waals surface area contributed by atoms with Crippen LogP contribution in [0.4, 0.5) is 0 Å². The van der Waals surface area contributed by atoms with Crippen LogP contribution in [0, 0.1) is 11.3 Å². The Labute approximate surface area is 116 Å². The minimum atomic E-state index is 0.404. The fourth-order valence-electron chi connectivity index (χ4n) is 4.18. The molecule has 1 aromatic rings. The topological polar surface area (TPSA) is 38.0 Å². The van der Waals surface area contributed by atoms with Crippen molar-refractivity contribution in [2.45, 2.75) is 57.4 Å². The molecular weight excluding hydrogens is 232 g/mol. The van der Waals surface area contributed by atoms with E-state index in [4.69, 9.17) is 5.84 Å². The van der Waals surface area contributed by atoms with Gasteiger partial charge in [0.15, 0.2) is 0 Å². The van der Waals surface area contributed by atoms with Gasteiger partial charge in [-0.1, -0.05) is 56.5 Å². The van der Waals surface area contributed by atoms with Crippen LogP contribution in [0.2, 0.25) is 0 Å². The largest absolute Gasteiger partial charge is 0.271 e. The van der Waals surface area contributed by atoms with Crippen LogP contribution in [0.25, 0.3) is 0 Å². The Hall–Kier alpha value is -0.860. The van der Waals surface area contributed by atoms with Crippen molar-refractivity contribution in [2.24, 2.45) is 17.2 Å². The van der Waals surface area contributed by atoms with Gasteiger partial charge in [0.05, 0.1) is 0 Å². The van der Waals surface area contributed by atoms with Crippen LogP contribution < -0.4 is 11.3 Å². The molecule has 3 atom stereocenters. The standard InChI is InChI=1S/C17H26N2/c1-17(10-6-3-7-11-17)16(19-18)15-12-14(15)13-8-4-2-5-9-13/h2,4-5,8-9,14-16,19H,3,6-7,10-12,18H2,1H3. The number of benzene rings is 1. The molecule has 0 aliphatic heterocycles. The zero-order chi connectivity index (χ0) is 13.3. The first-order chi connectivity index (χ1) is 9.24. The highest BCUT2D eigenvalue weighted by atomic mass is 15.2. The Bertz CT molecular complexity index is 409. The quantitative estimate of drug-likeness (QED) is 0.640. The fraction of sp³-hybridized carbons (Fsp3) is 0.647. The minimum absolute atomic E-state index is 0.404. The van der Waals surface area contributed by atoms with Crippen molar-refractivity contribution in [3.8, 4) is 0 Å². The second-order valence-corrected chi connectivity index (χ2v) is 6.78. The number of hydrogen-bond donors (Lipinski definition) is 2. The van der Waals surface area contributed by atoms with Crippen LogP contribution in [0.3, 0.4) is 0 Å². The molecule has 0 saturated heterocycles. The average molecular weight is 258 g/mol. The van der Waals surface area contributed by atoms with E-state index < -0.39 is 0 Å². The van der Waals surface area contributed by atoms with Crippen LogP contribution in [-0.4, -0.2) is 6.04 Å². The van der Waals surface area contributed by atoms with Gasteiger partial charge in [0.1, 0.15) is 0 Å². The lowest BCUT2D eigenvalue weighted by molar-refractivity contribution is 0.128. The lowest BCUT2D eigenvalue weighted by atomic mass is 9.69. The molecule has 2 nitrogen and oxygen atoms in total. The van der Waals surface area contributed by atoms with Gasteiger partial charge in [0.2, 0.25) is 0 Å². The maximum absolute atomic E-state index is 5.92. The summed E-state index contributed by atoms with van der Waals surface area (Å²) < 4.78 is 0. The van der Waals surface area contributed by atoms with Crippen LogP contribution in [-0.2, 0) is 0 Å². The summed E-state index contributed by atoms with van der Waals surface area (Å²) >= 11 is 0. The van der Waals surface area contributed by atoms with Crippen molar-refractivity contribution in [2.75, 3.05) is 0 Å². The Balaban J connectivity index is 1.71. The summed E-state index contributed by atoms with van der Waals surface area (Å²) in [4.78, 5) is 0. The van der Waals surface area contributed by atoms with Gasteiger partial charge in [-0.15, -0.1) is 0 Å². The molecule has 0 amide bonds. The highest BCUT2D eigenvalue weighted by Crippen LogP contribution is 2.55. The second-order valence-electron chi connectivity index (χ2n) is 6.78. The predicted octanol–water partition coefficient (Wildman–Crippen LogP) is 3.59. The number of hydrogen-bond acceptors (Lipinski definition) is 2. The average Bonchev–Trinajstić information content (AvgIpc) is 3.21. The van der Waals surface area contributed by atoms with E-state index in [0.29, 0.717) is 11.5 Å². The highest BCUT2D eigenvalue weighted by Gasteiger charge is 2.50. The van der Waals surface area contributed by atoms with Crippen molar-refractivity contribution < 1.29 is 0 Å². The first-order valence-electron chi connectivity index (χ1n) is 7.76. The maximum atomic E-state index is 5.92. The summed E-state index contributed by atoms with van der Waals surface area (Å²) in [5, 5.41) is 0. The summed E-state index contributed by atoms with van der Waals surface area (Å²) in [6.45, 7) is 2.44. The summed E-state index contributed by atoms with van der Waals surface area (Å²) in [5.41, 5.74) is 5.07. The molecule has 3 N–H and O–H groups in total. The van der Waals surface area contributed by atoms with Crippen LogP contribution >= 0.6 is 0 Å². The molecule has 19 heavy (non-hydrogen) atoms. The van der Waals surface area contributed by atoms with E-state index in [9.17, 15) is 0 Å². The Kier molecular flexibility index (Phi) is 3.64. The molecule has 2 saturated carbocycles. The molecule has 0 radical (unpaired) electrons. The summed E-state index contributed by atoms with van der Waals surface area (Å²) in [5.74, 6) is 7.38. The fourth-order valence-corrected chi connectivity index (χ4v) is 4.18. The van der Waals surface area contributed by atoms with Gasteiger partial charge in [-0.25, -0.2) is 0 Å².